The van der Waals surface area contributed by atoms with Crippen molar-refractivity contribution < 1.29 is 14.3 Å². The van der Waals surface area contributed by atoms with E-state index < -0.39 is 0 Å². The van der Waals surface area contributed by atoms with Gasteiger partial charge in [-0.05, 0) is 6.92 Å². The third-order valence-corrected chi connectivity index (χ3v) is 1.97. The van der Waals surface area contributed by atoms with Crippen LogP contribution in [0.5, 0.6) is 0 Å². The Hall–Kier alpha value is -0.650. The summed E-state index contributed by atoms with van der Waals surface area (Å²) in [5, 5.41) is 0. The van der Waals surface area contributed by atoms with Crippen molar-refractivity contribution in [1.29, 1.82) is 0 Å². The second kappa shape index (κ2) is 7.73. The number of nitrogens with zero attached hydrogens (tertiary/aromatic N) is 1. The molecule has 0 rings (SSSR count). The fourth-order valence-corrected chi connectivity index (χ4v) is 1.21. The molecule has 0 aromatic heterocycles. The highest BCUT2D eigenvalue weighted by atomic mass is 16.5. The van der Waals surface area contributed by atoms with Gasteiger partial charge in [0.2, 0.25) is 5.91 Å². The normalized spacial score (nSPS) is 13.1. The number of ether oxygens (including phenoxy) is 2. The van der Waals surface area contributed by atoms with Gasteiger partial charge in [0.1, 0.15) is 0 Å². The minimum Gasteiger partial charge on any atom is -0.383 e. The molecule has 2 N–H and O–H groups in total. The smallest absolute Gasteiger partial charge is 0.231 e. The van der Waals surface area contributed by atoms with E-state index in [0.717, 1.165) is 0 Å². The minimum absolute atomic E-state index is 0.169. The van der Waals surface area contributed by atoms with Gasteiger partial charge >= 0.3 is 0 Å². The largest absolute Gasteiger partial charge is 0.383 e. The summed E-state index contributed by atoms with van der Waals surface area (Å²) < 4.78 is 9.96. The van der Waals surface area contributed by atoms with Gasteiger partial charge in [-0.2, -0.15) is 0 Å². The van der Waals surface area contributed by atoms with Crippen LogP contribution in [0.2, 0.25) is 0 Å². The molecule has 84 valence electrons. The van der Waals surface area contributed by atoms with Crippen molar-refractivity contribution in [3.8, 4) is 0 Å². The van der Waals surface area contributed by atoms with Gasteiger partial charge in [-0.3, -0.25) is 9.69 Å². The van der Waals surface area contributed by atoms with E-state index in [0.29, 0.717) is 19.8 Å². The van der Waals surface area contributed by atoms with Crippen molar-refractivity contribution in [3.05, 3.63) is 0 Å². The molecule has 0 fully saturated rings. The molecular weight excluding hydrogens is 184 g/mol. The van der Waals surface area contributed by atoms with Crippen molar-refractivity contribution in [3.63, 3.8) is 0 Å². The van der Waals surface area contributed by atoms with E-state index in [9.17, 15) is 4.79 Å². The van der Waals surface area contributed by atoms with Crippen molar-refractivity contribution in [2.45, 2.75) is 13.0 Å². The number of amides is 1. The number of carbonyl (C=O) groups excluding carboxylic acids is 1. The molecule has 0 aromatic rings. The summed E-state index contributed by atoms with van der Waals surface area (Å²) in [4.78, 5) is 12.7. The third kappa shape index (κ3) is 5.90. The first-order chi connectivity index (χ1) is 6.61. The van der Waals surface area contributed by atoms with Crippen LogP contribution in [0.15, 0.2) is 0 Å². The van der Waals surface area contributed by atoms with Gasteiger partial charge in [0.05, 0.1) is 19.8 Å². The van der Waals surface area contributed by atoms with Gasteiger partial charge in [-0.25, -0.2) is 0 Å². The molecule has 0 bridgehead atoms. The second-order valence-electron chi connectivity index (χ2n) is 3.23. The van der Waals surface area contributed by atoms with Crippen LogP contribution in [-0.4, -0.2) is 57.4 Å². The lowest BCUT2D eigenvalue weighted by Crippen LogP contribution is -2.43. The Morgan fingerprint density at radius 2 is 2.07 bits per heavy atom. The number of hydrogen-bond acceptors (Lipinski definition) is 4. The van der Waals surface area contributed by atoms with Gasteiger partial charge in [0, 0.05) is 26.8 Å². The molecule has 0 saturated carbocycles. The summed E-state index contributed by atoms with van der Waals surface area (Å²) in [6.45, 7) is 4.08. The number of carbonyl (C=O) groups is 1. The molecule has 1 unspecified atom stereocenters. The first-order valence-electron chi connectivity index (χ1n) is 4.62. The maximum Gasteiger partial charge on any atom is 0.231 e. The molecule has 0 saturated heterocycles. The molecule has 0 spiro atoms. The summed E-state index contributed by atoms with van der Waals surface area (Å²) in [7, 11) is 3.26. The van der Waals surface area contributed by atoms with E-state index >= 15 is 0 Å². The number of rotatable bonds is 8. The van der Waals surface area contributed by atoms with Gasteiger partial charge in [-0.1, -0.05) is 0 Å². The standard InChI is InChI=1S/C9H20N2O3/c1-8(7-14-3)11(4-5-13-2)6-9(10)12/h8H,4-7H2,1-3H3,(H2,10,12). The molecule has 1 amide bonds. The molecule has 5 nitrogen and oxygen atoms in total. The van der Waals surface area contributed by atoms with Crippen molar-refractivity contribution >= 4 is 5.91 Å². The summed E-state index contributed by atoms with van der Waals surface area (Å²) in [5.41, 5.74) is 5.14. The first-order valence-corrected chi connectivity index (χ1v) is 4.62. The lowest BCUT2D eigenvalue weighted by Gasteiger charge is -2.26. The molecule has 5 heteroatoms. The highest BCUT2D eigenvalue weighted by Gasteiger charge is 2.15. The van der Waals surface area contributed by atoms with Crippen molar-refractivity contribution in [1.82, 2.24) is 4.90 Å². The maximum absolute atomic E-state index is 10.8. The molecular formula is C9H20N2O3. The summed E-state index contributed by atoms with van der Waals surface area (Å²) >= 11 is 0. The van der Waals surface area contributed by atoms with Gasteiger partial charge in [0.15, 0.2) is 0 Å². The zero-order chi connectivity index (χ0) is 11.0. The van der Waals surface area contributed by atoms with Crippen LogP contribution in [-0.2, 0) is 14.3 Å². The predicted octanol–water partition coefficient (Wildman–Crippen LogP) is -0.545. The summed E-state index contributed by atoms with van der Waals surface area (Å²) in [6.07, 6.45) is 0. The number of hydrogen-bond donors (Lipinski definition) is 1. The Morgan fingerprint density at radius 1 is 1.43 bits per heavy atom. The van der Waals surface area contributed by atoms with Crippen LogP contribution < -0.4 is 5.73 Å². The van der Waals surface area contributed by atoms with Gasteiger partial charge in [-0.15, -0.1) is 0 Å². The molecule has 0 aliphatic heterocycles. The predicted molar refractivity (Wildman–Crippen MR) is 54.0 cm³/mol. The molecule has 0 radical (unpaired) electrons. The second-order valence-corrected chi connectivity index (χ2v) is 3.23. The van der Waals surface area contributed by atoms with Crippen LogP contribution in [0.3, 0.4) is 0 Å². The SMILES string of the molecule is COCCN(CC(N)=O)C(C)COC. The van der Waals surface area contributed by atoms with E-state index in [1.165, 1.54) is 0 Å². The van der Waals surface area contributed by atoms with Gasteiger partial charge < -0.3 is 15.2 Å². The Labute approximate surface area is 85.1 Å². The quantitative estimate of drug-likeness (QED) is 0.576. The summed E-state index contributed by atoms with van der Waals surface area (Å²) in [5.74, 6) is -0.330. The van der Waals surface area contributed by atoms with E-state index in [-0.39, 0.29) is 18.5 Å². The Bertz CT molecular complexity index is 164. The fraction of sp³-hybridized carbons (Fsp3) is 0.889. The lowest BCUT2D eigenvalue weighted by molar-refractivity contribution is -0.120. The molecule has 0 aliphatic rings. The van der Waals surface area contributed by atoms with E-state index in [1.54, 1.807) is 14.2 Å². The van der Waals surface area contributed by atoms with Crippen LogP contribution in [0, 0.1) is 0 Å². The van der Waals surface area contributed by atoms with Crippen LogP contribution in [0.25, 0.3) is 0 Å². The average molecular weight is 204 g/mol. The monoisotopic (exact) mass is 204 g/mol. The third-order valence-electron chi connectivity index (χ3n) is 1.97. The van der Waals surface area contributed by atoms with Gasteiger partial charge in [0.25, 0.3) is 0 Å². The number of nitrogens with two attached hydrogens (primary N) is 1. The van der Waals surface area contributed by atoms with Crippen LogP contribution in [0.4, 0.5) is 0 Å². The van der Waals surface area contributed by atoms with E-state index in [2.05, 4.69) is 0 Å². The highest BCUT2D eigenvalue weighted by Crippen LogP contribution is 1.98. The minimum atomic E-state index is -0.330. The zero-order valence-corrected chi connectivity index (χ0v) is 9.16. The molecule has 0 aromatic carbocycles. The lowest BCUT2D eigenvalue weighted by atomic mass is 10.3. The van der Waals surface area contributed by atoms with Crippen LogP contribution >= 0.6 is 0 Å². The number of primary amides is 1. The van der Waals surface area contributed by atoms with Crippen LogP contribution in [0.1, 0.15) is 6.92 Å². The van der Waals surface area contributed by atoms with Crippen molar-refractivity contribution in [2.75, 3.05) is 40.5 Å². The topological polar surface area (TPSA) is 64.8 Å². The molecule has 14 heavy (non-hydrogen) atoms. The average Bonchev–Trinajstić information content (AvgIpc) is 2.12. The molecule has 0 heterocycles. The molecule has 1 atom stereocenters. The number of methoxy groups -OCH3 is 2. The van der Waals surface area contributed by atoms with E-state index in [1.807, 2.05) is 11.8 Å². The highest BCUT2D eigenvalue weighted by molar-refractivity contribution is 5.75. The Kier molecular flexibility index (Phi) is 7.37. The maximum atomic E-state index is 10.8. The Morgan fingerprint density at radius 3 is 2.50 bits per heavy atom. The summed E-state index contributed by atoms with van der Waals surface area (Å²) in [6, 6.07) is 0.169. The van der Waals surface area contributed by atoms with Crippen molar-refractivity contribution in [2.24, 2.45) is 5.73 Å². The zero-order valence-electron chi connectivity index (χ0n) is 9.16. The van der Waals surface area contributed by atoms with E-state index in [4.69, 9.17) is 15.2 Å². The Balaban J connectivity index is 4.00. The fourth-order valence-electron chi connectivity index (χ4n) is 1.21. The molecule has 0 aliphatic carbocycles. The first kappa shape index (κ1) is 13.4.